The fourth-order valence-corrected chi connectivity index (χ4v) is 4.52. The number of hydrogen-bond donors (Lipinski definition) is 1. The molecule has 2 saturated heterocycles. The van der Waals surface area contributed by atoms with Crippen LogP contribution in [0.1, 0.15) is 44.3 Å². The maximum absolute atomic E-state index is 12.5. The maximum atomic E-state index is 12.5. The third-order valence-electron chi connectivity index (χ3n) is 5.25. The molecule has 1 amide bonds. The second-order valence-electron chi connectivity index (χ2n) is 8.41. The predicted octanol–water partition coefficient (Wildman–Crippen LogP) is 1.88. The van der Waals surface area contributed by atoms with E-state index in [0.29, 0.717) is 6.61 Å². The van der Waals surface area contributed by atoms with Crippen molar-refractivity contribution in [3.63, 3.8) is 0 Å². The minimum absolute atomic E-state index is 0.0961. The maximum Gasteiger partial charge on any atom is 0.251 e. The molecule has 2 aliphatic rings. The van der Waals surface area contributed by atoms with Gasteiger partial charge in [-0.3, -0.25) is 9.79 Å². The van der Waals surface area contributed by atoms with Crippen molar-refractivity contribution in [1.82, 2.24) is 20.1 Å². The average Bonchev–Trinajstić information content (AvgIpc) is 3.36. The molecule has 3 rings (SSSR count). The summed E-state index contributed by atoms with van der Waals surface area (Å²) >= 11 is 1.73. The third-order valence-corrected chi connectivity index (χ3v) is 6.16. The van der Waals surface area contributed by atoms with Gasteiger partial charge >= 0.3 is 0 Å². The number of ether oxygens (including phenoxy) is 1. The van der Waals surface area contributed by atoms with E-state index < -0.39 is 0 Å². The van der Waals surface area contributed by atoms with Crippen molar-refractivity contribution in [2.24, 2.45) is 4.99 Å². The van der Waals surface area contributed by atoms with Crippen LogP contribution < -0.4 is 5.32 Å². The molecule has 1 unspecified atom stereocenters. The number of piperazine rings is 1. The van der Waals surface area contributed by atoms with E-state index in [2.05, 4.69) is 41.4 Å². The van der Waals surface area contributed by atoms with E-state index in [1.807, 2.05) is 11.9 Å². The molecule has 0 bridgehead atoms. The first-order chi connectivity index (χ1) is 13.4. The SMILES string of the molecule is CN=C(NCCc1nc(C(C)(C)C)cs1)N1CCN(C(=O)C2CCCO2)CC1. The van der Waals surface area contributed by atoms with E-state index in [0.717, 1.165) is 68.6 Å². The van der Waals surface area contributed by atoms with Gasteiger partial charge in [0.25, 0.3) is 5.91 Å². The number of carbonyl (C=O) groups is 1. The molecule has 1 atom stereocenters. The van der Waals surface area contributed by atoms with Crippen LogP contribution >= 0.6 is 11.3 Å². The molecule has 1 aromatic rings. The molecule has 7 nitrogen and oxygen atoms in total. The van der Waals surface area contributed by atoms with Crippen LogP contribution in [-0.2, 0) is 21.4 Å². The summed E-state index contributed by atoms with van der Waals surface area (Å²) in [6.45, 7) is 11.1. The molecule has 0 aliphatic carbocycles. The molecule has 1 aromatic heterocycles. The molecule has 156 valence electrons. The molecule has 8 heteroatoms. The Morgan fingerprint density at radius 2 is 2.04 bits per heavy atom. The van der Waals surface area contributed by atoms with Crippen molar-refractivity contribution in [2.45, 2.75) is 51.6 Å². The summed E-state index contributed by atoms with van der Waals surface area (Å²) in [5, 5.41) is 6.76. The van der Waals surface area contributed by atoms with Crippen LogP contribution in [0.2, 0.25) is 0 Å². The fourth-order valence-electron chi connectivity index (χ4n) is 3.50. The Morgan fingerprint density at radius 3 is 2.61 bits per heavy atom. The summed E-state index contributed by atoms with van der Waals surface area (Å²) in [6.07, 6.45) is 2.51. The number of aromatic nitrogens is 1. The number of aliphatic imine (C=N–C) groups is 1. The van der Waals surface area contributed by atoms with E-state index in [1.165, 1.54) is 0 Å². The Hall–Kier alpha value is -1.67. The second kappa shape index (κ2) is 9.22. The van der Waals surface area contributed by atoms with Gasteiger partial charge in [0.1, 0.15) is 6.10 Å². The zero-order valence-electron chi connectivity index (χ0n) is 17.5. The number of rotatable bonds is 4. The Bertz CT molecular complexity index is 683. The molecule has 2 aliphatic heterocycles. The lowest BCUT2D eigenvalue weighted by molar-refractivity contribution is -0.142. The van der Waals surface area contributed by atoms with Crippen molar-refractivity contribution < 1.29 is 9.53 Å². The average molecular weight is 408 g/mol. The Morgan fingerprint density at radius 1 is 1.32 bits per heavy atom. The summed E-state index contributed by atoms with van der Waals surface area (Å²) in [7, 11) is 1.81. The van der Waals surface area contributed by atoms with Gasteiger partial charge in [-0.15, -0.1) is 11.3 Å². The van der Waals surface area contributed by atoms with Crippen LogP contribution in [0.5, 0.6) is 0 Å². The highest BCUT2D eigenvalue weighted by Gasteiger charge is 2.30. The highest BCUT2D eigenvalue weighted by Crippen LogP contribution is 2.24. The van der Waals surface area contributed by atoms with Gasteiger partial charge in [-0.1, -0.05) is 20.8 Å². The number of nitrogens with zero attached hydrogens (tertiary/aromatic N) is 4. The summed E-state index contributed by atoms with van der Waals surface area (Å²) in [5.41, 5.74) is 1.25. The van der Waals surface area contributed by atoms with Gasteiger partial charge in [0, 0.05) is 63.6 Å². The van der Waals surface area contributed by atoms with E-state index >= 15 is 0 Å². The number of carbonyl (C=O) groups excluding carboxylic acids is 1. The van der Waals surface area contributed by atoms with Crippen molar-refractivity contribution in [1.29, 1.82) is 0 Å². The molecular weight excluding hydrogens is 374 g/mol. The van der Waals surface area contributed by atoms with Gasteiger partial charge in [-0.05, 0) is 12.8 Å². The first kappa shape index (κ1) is 21.0. The van der Waals surface area contributed by atoms with E-state index in [4.69, 9.17) is 9.72 Å². The summed E-state index contributed by atoms with van der Waals surface area (Å²) < 4.78 is 5.54. The van der Waals surface area contributed by atoms with Crippen LogP contribution in [0, 0.1) is 0 Å². The molecule has 0 saturated carbocycles. The molecule has 0 aromatic carbocycles. The summed E-state index contributed by atoms with van der Waals surface area (Å²) in [5.74, 6) is 1.05. The van der Waals surface area contributed by atoms with Crippen molar-refractivity contribution in [3.05, 3.63) is 16.1 Å². The lowest BCUT2D eigenvalue weighted by Gasteiger charge is -2.37. The normalized spacial score (nSPS) is 21.3. The zero-order chi connectivity index (χ0) is 20.1. The topological polar surface area (TPSA) is 70.1 Å². The van der Waals surface area contributed by atoms with Crippen LogP contribution in [0.4, 0.5) is 0 Å². The van der Waals surface area contributed by atoms with Crippen molar-refractivity contribution in [3.8, 4) is 0 Å². The number of thiazole rings is 1. The van der Waals surface area contributed by atoms with Crippen LogP contribution in [0.3, 0.4) is 0 Å². The highest BCUT2D eigenvalue weighted by molar-refractivity contribution is 7.09. The van der Waals surface area contributed by atoms with Crippen molar-refractivity contribution >= 4 is 23.2 Å². The lowest BCUT2D eigenvalue weighted by Crippen LogP contribution is -2.55. The quantitative estimate of drug-likeness (QED) is 0.610. The molecule has 2 fully saturated rings. The van der Waals surface area contributed by atoms with Gasteiger partial charge in [0.05, 0.1) is 10.7 Å². The van der Waals surface area contributed by atoms with Gasteiger partial charge in [-0.25, -0.2) is 4.98 Å². The monoisotopic (exact) mass is 407 g/mol. The lowest BCUT2D eigenvalue weighted by atomic mass is 9.93. The van der Waals surface area contributed by atoms with E-state index in [-0.39, 0.29) is 17.4 Å². The van der Waals surface area contributed by atoms with Crippen LogP contribution in [0.25, 0.3) is 0 Å². The number of amides is 1. The van der Waals surface area contributed by atoms with Crippen LogP contribution in [0.15, 0.2) is 10.4 Å². The Labute approximate surface area is 172 Å². The number of nitrogens with one attached hydrogen (secondary N) is 1. The Balaban J connectivity index is 1.43. The van der Waals surface area contributed by atoms with E-state index in [1.54, 1.807) is 11.3 Å². The second-order valence-corrected chi connectivity index (χ2v) is 9.36. The Kier molecular flexibility index (Phi) is 6.93. The van der Waals surface area contributed by atoms with Gasteiger partial charge in [0.15, 0.2) is 5.96 Å². The molecule has 0 radical (unpaired) electrons. The summed E-state index contributed by atoms with van der Waals surface area (Å²) in [4.78, 5) is 25.8. The first-order valence-corrected chi connectivity index (χ1v) is 11.1. The fraction of sp³-hybridized carbons (Fsp3) is 0.750. The summed E-state index contributed by atoms with van der Waals surface area (Å²) in [6, 6.07) is 0. The molecule has 28 heavy (non-hydrogen) atoms. The third kappa shape index (κ3) is 5.23. The van der Waals surface area contributed by atoms with Gasteiger partial charge in [-0.2, -0.15) is 0 Å². The van der Waals surface area contributed by atoms with Gasteiger partial charge < -0.3 is 19.9 Å². The molecule has 1 N–H and O–H groups in total. The first-order valence-electron chi connectivity index (χ1n) is 10.2. The highest BCUT2D eigenvalue weighted by atomic mass is 32.1. The number of guanidine groups is 1. The van der Waals surface area contributed by atoms with Crippen LogP contribution in [-0.4, -0.2) is 79.1 Å². The minimum Gasteiger partial charge on any atom is -0.368 e. The molecule has 3 heterocycles. The van der Waals surface area contributed by atoms with Gasteiger partial charge in [0.2, 0.25) is 0 Å². The smallest absolute Gasteiger partial charge is 0.251 e. The number of hydrogen-bond acceptors (Lipinski definition) is 5. The zero-order valence-corrected chi connectivity index (χ0v) is 18.3. The molecular formula is C20H33N5O2S. The van der Waals surface area contributed by atoms with E-state index in [9.17, 15) is 4.79 Å². The standard InChI is InChI=1S/C20H33N5O2S/c1-20(2,3)16-14-28-17(23-16)7-8-22-19(21-4)25-11-9-24(10-12-25)18(26)15-6-5-13-27-15/h14-15H,5-13H2,1-4H3,(H,21,22). The van der Waals surface area contributed by atoms with Crippen molar-refractivity contribution in [2.75, 3.05) is 46.4 Å². The largest absolute Gasteiger partial charge is 0.368 e. The predicted molar refractivity (Wildman–Crippen MR) is 113 cm³/mol. The minimum atomic E-state index is -0.222. The molecule has 0 spiro atoms.